The molecule has 1 heterocycles. The summed E-state index contributed by atoms with van der Waals surface area (Å²) in [5.41, 5.74) is 5.17. The number of hydrogen-bond donors (Lipinski definition) is 0. The Hall–Kier alpha value is -2.40. The average molecular weight is 401 g/mol. The fourth-order valence-electron chi connectivity index (χ4n) is 2.90. The van der Waals surface area contributed by atoms with Crippen molar-refractivity contribution >= 4 is 21.9 Å². The number of aromatic nitrogens is 1. The average Bonchev–Trinajstić information content (AvgIpc) is 2.88. The summed E-state index contributed by atoms with van der Waals surface area (Å²) in [4.78, 5) is 11.5. The molecule has 3 aromatic rings. The second-order valence-electron chi connectivity index (χ2n) is 6.05. The molecule has 2 aromatic carbocycles. The van der Waals surface area contributed by atoms with Gasteiger partial charge < -0.3 is 14.5 Å². The van der Waals surface area contributed by atoms with Crippen molar-refractivity contribution in [2.75, 3.05) is 0 Å². The predicted octanol–water partition coefficient (Wildman–Crippen LogP) is 4.33. The number of carboxylic acids is 1. The molecule has 0 atom stereocenters. The number of carboxylic acid groups (broad SMARTS) is 1. The molecule has 0 saturated heterocycles. The first-order valence-corrected chi connectivity index (χ1v) is 8.55. The van der Waals surface area contributed by atoms with E-state index in [1.165, 1.54) is 12.1 Å². The first kappa shape index (κ1) is 17.4. The second-order valence-corrected chi connectivity index (χ2v) is 6.90. The molecule has 0 saturated carbocycles. The van der Waals surface area contributed by atoms with Crippen LogP contribution >= 0.6 is 15.9 Å². The van der Waals surface area contributed by atoms with Crippen molar-refractivity contribution in [3.8, 4) is 16.9 Å². The highest BCUT2D eigenvalue weighted by molar-refractivity contribution is 9.10. The summed E-state index contributed by atoms with van der Waals surface area (Å²) < 4.78 is 15.8. The summed E-state index contributed by atoms with van der Waals surface area (Å²) in [7, 11) is 0. The minimum absolute atomic E-state index is 0.115. The van der Waals surface area contributed by atoms with E-state index in [2.05, 4.69) is 15.9 Å². The number of carbonyl (C=O) groups is 1. The number of benzene rings is 2. The first-order valence-electron chi connectivity index (χ1n) is 7.76. The van der Waals surface area contributed by atoms with E-state index < -0.39 is 5.97 Å². The predicted molar refractivity (Wildman–Crippen MR) is 97.4 cm³/mol. The zero-order valence-electron chi connectivity index (χ0n) is 14.1. The lowest BCUT2D eigenvalue weighted by atomic mass is 10.0. The molecule has 0 spiro atoms. The number of nitrogens with zero attached hydrogens (tertiary/aromatic N) is 1. The van der Waals surface area contributed by atoms with Gasteiger partial charge in [0.15, 0.2) is 0 Å². The monoisotopic (exact) mass is 400 g/mol. The van der Waals surface area contributed by atoms with Crippen LogP contribution in [0.1, 0.15) is 27.2 Å². The molecule has 0 N–H and O–H groups in total. The van der Waals surface area contributed by atoms with Gasteiger partial charge in [-0.2, -0.15) is 0 Å². The van der Waals surface area contributed by atoms with E-state index in [1.54, 1.807) is 23.6 Å². The van der Waals surface area contributed by atoms with Gasteiger partial charge in [0.2, 0.25) is 0 Å². The van der Waals surface area contributed by atoms with E-state index in [4.69, 9.17) is 0 Å². The Bertz CT molecular complexity index is 992. The van der Waals surface area contributed by atoms with E-state index in [1.807, 2.05) is 32.0 Å². The standard InChI is InChI=1S/C20H17BrFNO2/c1-11-4-5-14(8-12(11)2)19-10-16(20(24)25)13(3)23(19)18-7-6-15(22)9-17(18)21/h4-10H,1-3H3,(H,24,25)/p-1. The summed E-state index contributed by atoms with van der Waals surface area (Å²) in [5, 5.41) is 11.5. The molecule has 128 valence electrons. The summed E-state index contributed by atoms with van der Waals surface area (Å²) >= 11 is 3.37. The highest BCUT2D eigenvalue weighted by Gasteiger charge is 2.18. The molecular formula is C20H16BrFNO2-. The van der Waals surface area contributed by atoms with Gasteiger partial charge in [-0.15, -0.1) is 0 Å². The van der Waals surface area contributed by atoms with Gasteiger partial charge >= 0.3 is 0 Å². The van der Waals surface area contributed by atoms with Crippen LogP contribution in [0.25, 0.3) is 16.9 Å². The van der Waals surface area contributed by atoms with Gasteiger partial charge in [-0.25, -0.2) is 4.39 Å². The fraction of sp³-hybridized carbons (Fsp3) is 0.150. The van der Waals surface area contributed by atoms with Crippen LogP contribution in [0.5, 0.6) is 0 Å². The van der Waals surface area contributed by atoms with Crippen molar-refractivity contribution in [1.82, 2.24) is 4.57 Å². The third-order valence-electron chi connectivity index (χ3n) is 4.42. The van der Waals surface area contributed by atoms with Crippen LogP contribution in [0, 0.1) is 26.6 Å². The lowest BCUT2D eigenvalue weighted by Gasteiger charge is -2.15. The number of carbonyl (C=O) groups excluding carboxylic acids is 1. The molecule has 3 nitrogen and oxygen atoms in total. The molecule has 0 aliphatic carbocycles. The van der Waals surface area contributed by atoms with Crippen molar-refractivity contribution in [3.63, 3.8) is 0 Å². The molecule has 3 rings (SSSR count). The lowest BCUT2D eigenvalue weighted by molar-refractivity contribution is -0.255. The van der Waals surface area contributed by atoms with Crippen LogP contribution in [-0.4, -0.2) is 10.5 Å². The van der Waals surface area contributed by atoms with Crippen molar-refractivity contribution in [3.05, 3.63) is 75.1 Å². The first-order chi connectivity index (χ1) is 11.8. The molecule has 0 aliphatic rings. The largest absolute Gasteiger partial charge is 0.545 e. The number of hydrogen-bond acceptors (Lipinski definition) is 2. The number of aromatic carboxylic acids is 1. The molecule has 0 bridgehead atoms. The Balaban J connectivity index is 2.33. The minimum atomic E-state index is -1.24. The van der Waals surface area contributed by atoms with E-state index in [9.17, 15) is 14.3 Å². The molecule has 0 fully saturated rings. The highest BCUT2D eigenvalue weighted by atomic mass is 79.9. The Labute approximate surface area is 153 Å². The van der Waals surface area contributed by atoms with Gasteiger partial charge in [0.1, 0.15) is 5.82 Å². The molecule has 1 aromatic heterocycles. The number of aryl methyl sites for hydroxylation is 2. The maximum atomic E-state index is 13.5. The third-order valence-corrected chi connectivity index (χ3v) is 5.06. The summed E-state index contributed by atoms with van der Waals surface area (Å²) in [6, 6.07) is 11.9. The van der Waals surface area contributed by atoms with E-state index in [0.717, 1.165) is 16.7 Å². The maximum Gasteiger partial charge on any atom is 0.124 e. The quantitative estimate of drug-likeness (QED) is 0.656. The van der Waals surface area contributed by atoms with Crippen molar-refractivity contribution in [2.24, 2.45) is 0 Å². The Morgan fingerprint density at radius 2 is 1.76 bits per heavy atom. The Morgan fingerprint density at radius 3 is 2.36 bits per heavy atom. The highest BCUT2D eigenvalue weighted by Crippen LogP contribution is 2.33. The van der Waals surface area contributed by atoms with E-state index in [0.29, 0.717) is 21.5 Å². The third kappa shape index (κ3) is 3.12. The van der Waals surface area contributed by atoms with Crippen LogP contribution < -0.4 is 5.11 Å². The molecular weight excluding hydrogens is 385 g/mol. The van der Waals surface area contributed by atoms with Gasteiger partial charge in [-0.3, -0.25) is 0 Å². The van der Waals surface area contributed by atoms with E-state index in [-0.39, 0.29) is 11.4 Å². The SMILES string of the molecule is Cc1ccc(-c2cc(C(=O)[O-])c(C)n2-c2ccc(F)cc2Br)cc1C. The van der Waals surface area contributed by atoms with E-state index >= 15 is 0 Å². The van der Waals surface area contributed by atoms with Crippen molar-refractivity contribution in [2.45, 2.75) is 20.8 Å². The summed E-state index contributed by atoms with van der Waals surface area (Å²) in [5.74, 6) is -1.60. The molecule has 0 aliphatic heterocycles. The van der Waals surface area contributed by atoms with Gasteiger partial charge in [0.25, 0.3) is 0 Å². The summed E-state index contributed by atoms with van der Waals surface area (Å²) in [6.45, 7) is 5.74. The van der Waals surface area contributed by atoms with Gasteiger partial charge in [0.05, 0.1) is 17.4 Å². The van der Waals surface area contributed by atoms with Crippen molar-refractivity contribution < 1.29 is 14.3 Å². The summed E-state index contributed by atoms with van der Waals surface area (Å²) in [6.07, 6.45) is 0. The zero-order valence-corrected chi connectivity index (χ0v) is 15.6. The zero-order chi connectivity index (χ0) is 18.3. The van der Waals surface area contributed by atoms with Crippen LogP contribution in [-0.2, 0) is 0 Å². The molecule has 0 unspecified atom stereocenters. The topological polar surface area (TPSA) is 45.1 Å². The normalized spacial score (nSPS) is 10.9. The van der Waals surface area contributed by atoms with Gasteiger partial charge in [0, 0.05) is 15.7 Å². The Kier molecular flexibility index (Phi) is 4.52. The number of rotatable bonds is 3. The molecule has 25 heavy (non-hydrogen) atoms. The maximum absolute atomic E-state index is 13.5. The minimum Gasteiger partial charge on any atom is -0.545 e. The van der Waals surface area contributed by atoms with Gasteiger partial charge in [-0.05, 0) is 83.7 Å². The van der Waals surface area contributed by atoms with Gasteiger partial charge in [-0.1, -0.05) is 12.1 Å². The van der Waals surface area contributed by atoms with Crippen LogP contribution in [0.3, 0.4) is 0 Å². The molecule has 0 amide bonds. The van der Waals surface area contributed by atoms with Crippen LogP contribution in [0.2, 0.25) is 0 Å². The van der Waals surface area contributed by atoms with Crippen molar-refractivity contribution in [1.29, 1.82) is 0 Å². The second kappa shape index (κ2) is 6.48. The lowest BCUT2D eigenvalue weighted by Crippen LogP contribution is -2.22. The fourth-order valence-corrected chi connectivity index (χ4v) is 3.43. The van der Waals surface area contributed by atoms with Crippen LogP contribution in [0.15, 0.2) is 46.9 Å². The molecule has 5 heteroatoms. The molecule has 0 radical (unpaired) electrons. The Morgan fingerprint density at radius 1 is 1.04 bits per heavy atom. The van der Waals surface area contributed by atoms with Crippen LogP contribution in [0.4, 0.5) is 4.39 Å². The number of halogens is 2. The smallest absolute Gasteiger partial charge is 0.124 e.